The number of ketones is 3. The minimum absolute atomic E-state index is 0.00906. The monoisotopic (exact) mass is 1360 g/mol. The van der Waals surface area contributed by atoms with E-state index >= 15 is 0 Å². The van der Waals surface area contributed by atoms with Crippen LogP contribution in [0.25, 0.3) is 22.5 Å². The number of alkyl halides is 12. The number of carbonyl (C=O) groups excluding carboxylic acids is 4. The van der Waals surface area contributed by atoms with Crippen LogP contribution in [-0.2, 0) is 37.6 Å². The van der Waals surface area contributed by atoms with Crippen LogP contribution in [0.2, 0.25) is 5.15 Å². The van der Waals surface area contributed by atoms with Gasteiger partial charge in [-0.1, -0.05) is 17.7 Å². The molecule has 0 radical (unpaired) electrons. The number of amidine groups is 1. The zero-order valence-corrected chi connectivity index (χ0v) is 51.1. The third kappa shape index (κ3) is 25.7. The summed E-state index contributed by atoms with van der Waals surface area (Å²) < 4.78 is 185. The lowest BCUT2D eigenvalue weighted by atomic mass is 9.80. The van der Waals surface area contributed by atoms with E-state index in [1.807, 2.05) is 0 Å². The van der Waals surface area contributed by atoms with E-state index in [9.17, 15) is 76.7 Å². The zero-order chi connectivity index (χ0) is 71.5. The topological polar surface area (TPSA) is 347 Å². The van der Waals surface area contributed by atoms with Gasteiger partial charge in [0.2, 0.25) is 17.5 Å². The number of hydrogen-bond donors (Lipinski definition) is 5. The maximum absolute atomic E-state index is 12.8. The van der Waals surface area contributed by atoms with Crippen LogP contribution in [0.3, 0.4) is 0 Å². The van der Waals surface area contributed by atoms with Gasteiger partial charge in [-0.2, -0.15) is 52.7 Å². The number of benzene rings is 3. The summed E-state index contributed by atoms with van der Waals surface area (Å²) in [4.78, 5) is 74.8. The summed E-state index contributed by atoms with van der Waals surface area (Å²) in [6, 6.07) is 13.3. The van der Waals surface area contributed by atoms with Crippen molar-refractivity contribution in [2.75, 3.05) is 55.9 Å². The van der Waals surface area contributed by atoms with Crippen molar-refractivity contribution in [2.45, 2.75) is 59.3 Å². The number of aromatic carboxylic acids is 1. The molecule has 0 bridgehead atoms. The smallest absolute Gasteiger partial charge is 0.488 e. The van der Waals surface area contributed by atoms with Crippen LogP contribution in [0, 0.1) is 5.41 Å². The molecule has 506 valence electrons. The number of halogens is 13. The van der Waals surface area contributed by atoms with Gasteiger partial charge in [-0.05, 0) is 88.6 Å². The first kappa shape index (κ1) is 81.1. The Hall–Kier alpha value is -9.91. The van der Waals surface area contributed by atoms with Gasteiger partial charge in [0.25, 0.3) is 0 Å². The fourth-order valence-corrected chi connectivity index (χ4v) is 6.52. The SMILES string of the molecule is CC(=O)c1cnc(C(F)(F)F)nc1Cl.CCO/C=C(/C(C)=O)C(=O)OCC.COc1ccc(-c2nc(C(F)(F)F)ncc2C(=O)O)cc1OC.COc1ccc(-c2nc(C(F)(F)F)ncc2C(C)=O)cc1OC.COc1ccc(B(O)O)cc1OC.N=C(N)C(F)(F)F. The Balaban J connectivity index is 0.000000579. The lowest BCUT2D eigenvalue weighted by Gasteiger charge is -2.12. The van der Waals surface area contributed by atoms with Crippen LogP contribution in [0.15, 0.2) is 85.0 Å². The highest BCUT2D eigenvalue weighted by atomic mass is 35.5. The summed E-state index contributed by atoms with van der Waals surface area (Å²) >= 11 is 5.36. The van der Waals surface area contributed by atoms with Gasteiger partial charge in [-0.3, -0.25) is 19.8 Å². The van der Waals surface area contributed by atoms with Gasteiger partial charge >= 0.3 is 43.8 Å². The van der Waals surface area contributed by atoms with E-state index in [1.165, 1.54) is 99.0 Å². The average Bonchev–Trinajstić information content (AvgIpc) is 0.812. The van der Waals surface area contributed by atoms with Crippen molar-refractivity contribution in [1.82, 2.24) is 29.9 Å². The Morgan fingerprint density at radius 2 is 0.914 bits per heavy atom. The molecule has 6 N–H and O–H groups in total. The number of Topliss-reactive ketones (excluding diaryl/α,β-unsaturated/α-hetero) is 3. The number of carboxylic acid groups (broad SMARTS) is 1. The Kier molecular flexibility index (Phi) is 32.1. The Bertz CT molecular complexity index is 3450. The second-order valence-electron chi connectivity index (χ2n) is 17.0. The highest BCUT2D eigenvalue weighted by Crippen LogP contribution is 2.37. The molecule has 0 saturated carbocycles. The summed E-state index contributed by atoms with van der Waals surface area (Å²) in [6.45, 7) is 7.79. The number of nitrogens with zero attached hydrogens (tertiary/aromatic N) is 6. The normalized spacial score (nSPS) is 11.0. The van der Waals surface area contributed by atoms with E-state index < -0.39 is 89.4 Å². The standard InChI is InChI=1S/C15H13F3N2O3.C14H11F3N2O4.C9H14O4.C8H11BO4.C7H4ClF3N2O.C2H3F3N2/c1-8(21)10-7-19-14(15(16,17)18)20-13(10)9-4-5-11(22-2)12(6-9)23-3;1-22-9-4-3-7(5-10(9)23-2)11-8(12(20)21)6-18-13(19-11)14(15,16)17;1-4-12-6-8(7(3)10)9(11)13-5-2;1-12-7-4-3-6(9(10)11)5-8(7)13-2;1-3(14)4-2-12-6(7(9,10)11)13-5(4)8;3-2(4,5)1(6)7/h4-7H,1-3H3;3-6H,1-2H3,(H,20,21);6H,4-5H2,1-3H3;3-5,10-11H,1-2H3;2H,1H3;(H3,6,7)/b;;8-6-;;;. The minimum Gasteiger partial charge on any atom is -0.500 e. The molecule has 0 atom stereocenters. The molecule has 6 rings (SSSR count). The van der Waals surface area contributed by atoms with Gasteiger partial charge in [0.1, 0.15) is 22.6 Å². The third-order valence-electron chi connectivity index (χ3n) is 10.6. The third-order valence-corrected chi connectivity index (χ3v) is 10.9. The van der Waals surface area contributed by atoms with Gasteiger partial charge in [-0.15, -0.1) is 0 Å². The lowest BCUT2D eigenvalue weighted by molar-refractivity contribution is -0.145. The number of carbonyl (C=O) groups is 5. The molecule has 0 aliphatic carbocycles. The largest absolute Gasteiger partial charge is 0.500 e. The summed E-state index contributed by atoms with van der Waals surface area (Å²) in [5, 5.41) is 32.2. The van der Waals surface area contributed by atoms with Crippen molar-refractivity contribution >= 4 is 59.3 Å². The Morgan fingerprint density at radius 3 is 1.23 bits per heavy atom. The molecular weight excluding hydrogens is 1300 g/mol. The van der Waals surface area contributed by atoms with E-state index in [0.717, 1.165) is 25.6 Å². The Morgan fingerprint density at radius 1 is 0.559 bits per heavy atom. The molecule has 0 fully saturated rings. The second-order valence-corrected chi connectivity index (χ2v) is 17.4. The van der Waals surface area contributed by atoms with Crippen molar-refractivity contribution in [1.29, 1.82) is 5.41 Å². The van der Waals surface area contributed by atoms with Crippen molar-refractivity contribution in [3.05, 3.63) is 124 Å². The van der Waals surface area contributed by atoms with Gasteiger partial charge in [0.05, 0.1) is 78.4 Å². The lowest BCUT2D eigenvalue weighted by Crippen LogP contribution is -2.29. The summed E-state index contributed by atoms with van der Waals surface area (Å²) in [6.07, 6.45) is -15.4. The highest BCUT2D eigenvalue weighted by Gasteiger charge is 2.38. The van der Waals surface area contributed by atoms with Crippen LogP contribution in [-0.4, -0.2) is 149 Å². The Labute approximate surface area is 525 Å². The summed E-state index contributed by atoms with van der Waals surface area (Å²) in [5.41, 5.74) is 3.71. The molecule has 24 nitrogen and oxygen atoms in total. The number of esters is 1. The molecule has 0 spiro atoms. The summed E-state index contributed by atoms with van der Waals surface area (Å²) in [5.74, 6) is -6.87. The van der Waals surface area contributed by atoms with E-state index in [2.05, 4.69) is 40.4 Å². The average molecular weight is 1360 g/mol. The highest BCUT2D eigenvalue weighted by molar-refractivity contribution is 6.58. The molecular formula is C55H56BClF12N8O16. The predicted molar refractivity (Wildman–Crippen MR) is 305 cm³/mol. The maximum Gasteiger partial charge on any atom is 0.488 e. The number of methoxy groups -OCH3 is 6. The van der Waals surface area contributed by atoms with Crippen LogP contribution in [0.4, 0.5) is 52.7 Å². The fraction of sp³-hybridized carbons (Fsp3) is 0.309. The van der Waals surface area contributed by atoms with E-state index in [4.69, 9.17) is 65.3 Å². The second kappa shape index (κ2) is 36.8. The predicted octanol–water partition coefficient (Wildman–Crippen LogP) is 9.54. The molecule has 0 unspecified atom stereocenters. The molecule has 3 aromatic heterocycles. The number of aromatic nitrogens is 6. The quantitative estimate of drug-likeness (QED) is 0.00485. The number of nitrogens with one attached hydrogen (secondary N) is 1. The number of nitrogens with two attached hydrogens (primary N) is 1. The number of rotatable bonds is 17. The molecule has 3 heterocycles. The summed E-state index contributed by atoms with van der Waals surface area (Å²) in [7, 11) is 7.10. The fourth-order valence-electron chi connectivity index (χ4n) is 6.26. The molecule has 0 aliphatic heterocycles. The van der Waals surface area contributed by atoms with Crippen LogP contribution >= 0.6 is 11.6 Å². The van der Waals surface area contributed by atoms with Crippen LogP contribution in [0.1, 0.15) is 83.2 Å². The minimum atomic E-state index is -4.79. The number of hydrogen-bond acceptors (Lipinski definition) is 22. The molecule has 0 aliphatic rings. The van der Waals surface area contributed by atoms with Gasteiger partial charge < -0.3 is 58.8 Å². The molecule has 6 aromatic rings. The van der Waals surface area contributed by atoms with Gasteiger partial charge in [0.15, 0.2) is 57.7 Å². The first-order valence-corrected chi connectivity index (χ1v) is 25.7. The maximum atomic E-state index is 12.8. The first-order valence-electron chi connectivity index (χ1n) is 25.3. The van der Waals surface area contributed by atoms with E-state index in [-0.39, 0.29) is 51.8 Å². The molecule has 3 aromatic carbocycles. The van der Waals surface area contributed by atoms with E-state index in [1.54, 1.807) is 26.0 Å². The van der Waals surface area contributed by atoms with Gasteiger partial charge in [-0.25, -0.2) is 39.5 Å². The molecule has 0 amide bonds. The first-order chi connectivity index (χ1) is 43.1. The van der Waals surface area contributed by atoms with Crippen LogP contribution < -0.4 is 39.6 Å². The molecule has 38 heteroatoms. The van der Waals surface area contributed by atoms with E-state index in [0.29, 0.717) is 52.6 Å². The van der Waals surface area contributed by atoms with Crippen molar-refractivity contribution in [2.24, 2.45) is 5.73 Å². The van der Waals surface area contributed by atoms with Crippen molar-refractivity contribution < 1.29 is 130 Å². The zero-order valence-electron chi connectivity index (χ0n) is 50.3. The van der Waals surface area contributed by atoms with Crippen LogP contribution in [0.5, 0.6) is 34.5 Å². The molecule has 0 saturated heterocycles. The number of ether oxygens (including phenoxy) is 8. The van der Waals surface area contributed by atoms with Crippen molar-refractivity contribution in [3.8, 4) is 57.0 Å². The molecule has 93 heavy (non-hydrogen) atoms. The van der Waals surface area contributed by atoms with Crippen molar-refractivity contribution in [3.63, 3.8) is 0 Å². The van der Waals surface area contributed by atoms with Gasteiger partial charge in [0, 0.05) is 29.7 Å². The number of carboxylic acids is 1.